The predicted molar refractivity (Wildman–Crippen MR) is 57.0 cm³/mol. The molecule has 0 bridgehead atoms. The molecule has 0 aromatic carbocycles. The molecule has 2 heteroatoms. The van der Waals surface area contributed by atoms with Gasteiger partial charge < -0.3 is 4.42 Å². The number of furan rings is 1. The van der Waals surface area contributed by atoms with Crippen molar-refractivity contribution in [2.75, 3.05) is 5.33 Å². The summed E-state index contributed by atoms with van der Waals surface area (Å²) in [5.41, 5.74) is 0.483. The van der Waals surface area contributed by atoms with Gasteiger partial charge in [-0.05, 0) is 36.3 Å². The van der Waals surface area contributed by atoms with Crippen LogP contribution in [0.1, 0.15) is 25.5 Å². The quantitative estimate of drug-likeness (QED) is 0.739. The molecule has 0 amide bonds. The van der Waals surface area contributed by atoms with Crippen molar-refractivity contribution in [3.63, 3.8) is 0 Å². The van der Waals surface area contributed by atoms with Crippen LogP contribution in [0.2, 0.25) is 0 Å². The van der Waals surface area contributed by atoms with Crippen molar-refractivity contribution >= 4 is 15.9 Å². The Morgan fingerprint density at radius 1 is 1.62 bits per heavy atom. The fourth-order valence-corrected chi connectivity index (χ4v) is 3.16. The molecule has 0 saturated heterocycles. The van der Waals surface area contributed by atoms with Gasteiger partial charge in [0.05, 0.1) is 6.26 Å². The zero-order valence-corrected chi connectivity index (χ0v) is 9.51. The van der Waals surface area contributed by atoms with Crippen LogP contribution < -0.4 is 0 Å². The van der Waals surface area contributed by atoms with Crippen LogP contribution in [0.5, 0.6) is 0 Å². The molecule has 0 aliphatic heterocycles. The van der Waals surface area contributed by atoms with E-state index in [1.165, 1.54) is 12.8 Å². The Morgan fingerprint density at radius 2 is 2.38 bits per heavy atom. The molecule has 0 radical (unpaired) electrons. The van der Waals surface area contributed by atoms with Gasteiger partial charge in [-0.1, -0.05) is 22.9 Å². The second-order valence-corrected chi connectivity index (χ2v) is 4.96. The fraction of sp³-hybridized carbons (Fsp3) is 0.636. The summed E-state index contributed by atoms with van der Waals surface area (Å²) >= 11 is 3.61. The highest BCUT2D eigenvalue weighted by Gasteiger charge is 2.41. The Labute approximate surface area is 87.6 Å². The number of hydrogen-bond acceptors (Lipinski definition) is 1. The zero-order chi connectivity index (χ0) is 9.31. The Kier molecular flexibility index (Phi) is 2.50. The first-order valence-corrected chi connectivity index (χ1v) is 5.95. The highest BCUT2D eigenvalue weighted by Crippen LogP contribution is 2.48. The SMILES string of the molecule is CC1CC(CBr)(Cc2ccco2)C1. The topological polar surface area (TPSA) is 13.1 Å². The number of rotatable bonds is 3. The maximum atomic E-state index is 5.38. The van der Waals surface area contributed by atoms with Crippen LogP contribution in [-0.2, 0) is 6.42 Å². The second kappa shape index (κ2) is 3.49. The first-order valence-electron chi connectivity index (χ1n) is 4.82. The maximum Gasteiger partial charge on any atom is 0.104 e. The van der Waals surface area contributed by atoms with E-state index in [0.717, 1.165) is 23.4 Å². The Balaban J connectivity index is 2.00. The molecule has 13 heavy (non-hydrogen) atoms. The third kappa shape index (κ3) is 1.83. The molecule has 0 N–H and O–H groups in total. The van der Waals surface area contributed by atoms with Gasteiger partial charge in [-0.25, -0.2) is 0 Å². The molecule has 72 valence electrons. The summed E-state index contributed by atoms with van der Waals surface area (Å²) in [6, 6.07) is 4.05. The molecule has 0 atom stereocenters. The molecule has 1 heterocycles. The van der Waals surface area contributed by atoms with Gasteiger partial charge in [-0.15, -0.1) is 0 Å². The average molecular weight is 243 g/mol. The number of halogens is 1. The van der Waals surface area contributed by atoms with Gasteiger partial charge in [-0.2, -0.15) is 0 Å². The third-order valence-corrected chi connectivity index (χ3v) is 4.17. The van der Waals surface area contributed by atoms with Crippen molar-refractivity contribution in [3.05, 3.63) is 24.2 Å². The highest BCUT2D eigenvalue weighted by atomic mass is 79.9. The van der Waals surface area contributed by atoms with Crippen LogP contribution in [0.25, 0.3) is 0 Å². The molecule has 1 nitrogen and oxygen atoms in total. The number of alkyl halides is 1. The smallest absolute Gasteiger partial charge is 0.104 e. The van der Waals surface area contributed by atoms with E-state index in [-0.39, 0.29) is 0 Å². The van der Waals surface area contributed by atoms with E-state index in [9.17, 15) is 0 Å². The fourth-order valence-electron chi connectivity index (χ4n) is 2.50. The molecule has 0 spiro atoms. The average Bonchev–Trinajstić information content (AvgIpc) is 2.53. The largest absolute Gasteiger partial charge is 0.469 e. The van der Waals surface area contributed by atoms with E-state index in [4.69, 9.17) is 4.42 Å². The van der Waals surface area contributed by atoms with Crippen LogP contribution in [0, 0.1) is 11.3 Å². The van der Waals surface area contributed by atoms with Crippen molar-refractivity contribution in [1.82, 2.24) is 0 Å². The summed E-state index contributed by atoms with van der Waals surface area (Å²) in [6.07, 6.45) is 5.52. The monoisotopic (exact) mass is 242 g/mol. The summed E-state index contributed by atoms with van der Waals surface area (Å²) in [4.78, 5) is 0. The van der Waals surface area contributed by atoms with Crippen LogP contribution in [-0.4, -0.2) is 5.33 Å². The Bertz CT molecular complexity index is 260. The number of hydrogen-bond donors (Lipinski definition) is 0. The van der Waals surface area contributed by atoms with Gasteiger partial charge in [0.15, 0.2) is 0 Å². The van der Waals surface area contributed by atoms with Crippen LogP contribution in [0.3, 0.4) is 0 Å². The minimum Gasteiger partial charge on any atom is -0.469 e. The highest BCUT2D eigenvalue weighted by molar-refractivity contribution is 9.09. The second-order valence-electron chi connectivity index (χ2n) is 4.40. The van der Waals surface area contributed by atoms with E-state index in [2.05, 4.69) is 28.9 Å². The summed E-state index contributed by atoms with van der Waals surface area (Å²) < 4.78 is 5.38. The lowest BCUT2D eigenvalue weighted by molar-refractivity contribution is 0.0889. The lowest BCUT2D eigenvalue weighted by Gasteiger charge is -2.45. The molecule has 0 unspecified atom stereocenters. The van der Waals surface area contributed by atoms with Crippen molar-refractivity contribution in [2.24, 2.45) is 11.3 Å². The van der Waals surface area contributed by atoms with Crippen LogP contribution in [0.15, 0.2) is 22.8 Å². The lowest BCUT2D eigenvalue weighted by atomic mass is 9.62. The normalized spacial score (nSPS) is 32.9. The summed E-state index contributed by atoms with van der Waals surface area (Å²) in [6.45, 7) is 2.32. The van der Waals surface area contributed by atoms with Crippen molar-refractivity contribution in [1.29, 1.82) is 0 Å². The van der Waals surface area contributed by atoms with Gasteiger partial charge in [0.25, 0.3) is 0 Å². The maximum absolute atomic E-state index is 5.38. The van der Waals surface area contributed by atoms with Crippen molar-refractivity contribution in [3.8, 4) is 0 Å². The third-order valence-electron chi connectivity index (χ3n) is 2.98. The van der Waals surface area contributed by atoms with Crippen molar-refractivity contribution in [2.45, 2.75) is 26.2 Å². The summed E-state index contributed by atoms with van der Waals surface area (Å²) in [5, 5.41) is 1.10. The standard InChI is InChI=1S/C11H15BrO/c1-9-5-11(6-9,8-12)7-10-3-2-4-13-10/h2-4,9H,5-8H2,1H3. The van der Waals surface area contributed by atoms with Crippen molar-refractivity contribution < 1.29 is 4.42 Å². The van der Waals surface area contributed by atoms with Gasteiger partial charge in [0.2, 0.25) is 0 Å². The first kappa shape index (κ1) is 9.32. The van der Waals surface area contributed by atoms with E-state index in [0.29, 0.717) is 5.41 Å². The minimum absolute atomic E-state index is 0.483. The van der Waals surface area contributed by atoms with Gasteiger partial charge in [-0.3, -0.25) is 0 Å². The van der Waals surface area contributed by atoms with E-state index < -0.39 is 0 Å². The lowest BCUT2D eigenvalue weighted by Crippen LogP contribution is -2.39. The minimum atomic E-state index is 0.483. The van der Waals surface area contributed by atoms with E-state index in [1.54, 1.807) is 6.26 Å². The Morgan fingerprint density at radius 3 is 2.85 bits per heavy atom. The van der Waals surface area contributed by atoms with Gasteiger partial charge >= 0.3 is 0 Å². The molecule has 1 aliphatic carbocycles. The molecular weight excluding hydrogens is 228 g/mol. The summed E-state index contributed by atoms with van der Waals surface area (Å²) in [7, 11) is 0. The summed E-state index contributed by atoms with van der Waals surface area (Å²) in [5.74, 6) is 2.03. The Hall–Kier alpha value is -0.240. The van der Waals surface area contributed by atoms with E-state index >= 15 is 0 Å². The van der Waals surface area contributed by atoms with E-state index in [1.807, 2.05) is 6.07 Å². The van der Waals surface area contributed by atoms with Gasteiger partial charge in [0.1, 0.15) is 5.76 Å². The first-order chi connectivity index (χ1) is 6.24. The predicted octanol–water partition coefficient (Wildman–Crippen LogP) is 3.63. The molecule has 1 aromatic heterocycles. The van der Waals surface area contributed by atoms with Crippen LogP contribution in [0.4, 0.5) is 0 Å². The molecule has 1 aliphatic rings. The molecule has 1 saturated carbocycles. The van der Waals surface area contributed by atoms with Crippen LogP contribution >= 0.6 is 15.9 Å². The zero-order valence-electron chi connectivity index (χ0n) is 7.92. The molecule has 1 fully saturated rings. The molecule has 2 rings (SSSR count). The van der Waals surface area contributed by atoms with Gasteiger partial charge in [0, 0.05) is 11.8 Å². The molecular formula is C11H15BrO. The molecule has 1 aromatic rings.